The summed E-state index contributed by atoms with van der Waals surface area (Å²) in [5, 5.41) is 7.49. The molecule has 170 valence electrons. The Bertz CT molecular complexity index is 1150. The number of rotatable bonds is 5. The molecule has 1 fully saturated rings. The van der Waals surface area contributed by atoms with Crippen molar-refractivity contribution in [1.29, 1.82) is 0 Å². The zero-order valence-electron chi connectivity index (χ0n) is 19.0. The number of hydrogen-bond donors (Lipinski definition) is 1. The first-order chi connectivity index (χ1) is 16.1. The van der Waals surface area contributed by atoms with Gasteiger partial charge in [0, 0.05) is 68.7 Å². The first-order valence-electron chi connectivity index (χ1n) is 11.6. The number of fused-ring (bicyclic) bond motifs is 1. The monoisotopic (exact) mass is 443 g/mol. The summed E-state index contributed by atoms with van der Waals surface area (Å²) in [4.78, 5) is 29.8. The van der Waals surface area contributed by atoms with Gasteiger partial charge in [0.15, 0.2) is 5.69 Å². The highest BCUT2D eigenvalue weighted by Gasteiger charge is 2.27. The highest BCUT2D eigenvalue weighted by Crippen LogP contribution is 2.24. The van der Waals surface area contributed by atoms with Crippen LogP contribution in [0.15, 0.2) is 54.6 Å². The highest BCUT2D eigenvalue weighted by molar-refractivity contribution is 6.04. The smallest absolute Gasteiger partial charge is 0.276 e. The lowest BCUT2D eigenvalue weighted by Gasteiger charge is -2.27. The lowest BCUT2D eigenvalue weighted by atomic mass is 10.0. The molecule has 3 aromatic rings. The molecule has 0 atom stereocenters. The predicted molar refractivity (Wildman–Crippen MR) is 127 cm³/mol. The van der Waals surface area contributed by atoms with Crippen LogP contribution < -0.4 is 5.32 Å². The Balaban J connectivity index is 1.27. The van der Waals surface area contributed by atoms with Crippen molar-refractivity contribution in [2.75, 3.05) is 25.0 Å². The van der Waals surface area contributed by atoms with Gasteiger partial charge in [-0.3, -0.25) is 19.2 Å². The van der Waals surface area contributed by atoms with Crippen molar-refractivity contribution in [3.63, 3.8) is 0 Å². The van der Waals surface area contributed by atoms with Crippen molar-refractivity contribution >= 4 is 17.5 Å². The van der Waals surface area contributed by atoms with Crippen molar-refractivity contribution < 1.29 is 9.59 Å². The number of benzene rings is 2. The van der Waals surface area contributed by atoms with E-state index in [1.54, 1.807) is 0 Å². The number of aromatic nitrogens is 2. The van der Waals surface area contributed by atoms with E-state index in [9.17, 15) is 9.59 Å². The van der Waals surface area contributed by atoms with E-state index in [1.807, 2.05) is 71.2 Å². The zero-order chi connectivity index (χ0) is 22.8. The van der Waals surface area contributed by atoms with Crippen LogP contribution in [0.5, 0.6) is 0 Å². The van der Waals surface area contributed by atoms with E-state index in [0.717, 1.165) is 73.5 Å². The van der Waals surface area contributed by atoms with Crippen molar-refractivity contribution in [2.24, 2.45) is 7.05 Å². The molecule has 0 saturated carbocycles. The fourth-order valence-electron chi connectivity index (χ4n) is 4.79. The lowest BCUT2D eigenvalue weighted by molar-refractivity contribution is 0.0792. The molecule has 0 spiro atoms. The molecule has 2 amide bonds. The largest absolute Gasteiger partial charge is 0.339 e. The van der Waals surface area contributed by atoms with E-state index in [2.05, 4.69) is 15.3 Å². The van der Waals surface area contributed by atoms with Gasteiger partial charge in [-0.15, -0.1) is 0 Å². The Kier molecular flexibility index (Phi) is 5.96. The molecule has 7 heteroatoms. The Morgan fingerprint density at radius 3 is 2.42 bits per heavy atom. The molecule has 0 radical (unpaired) electrons. The second-order valence-electron chi connectivity index (χ2n) is 8.87. The van der Waals surface area contributed by atoms with E-state index in [0.29, 0.717) is 12.2 Å². The van der Waals surface area contributed by atoms with Crippen LogP contribution in [0.4, 0.5) is 5.69 Å². The highest BCUT2D eigenvalue weighted by atomic mass is 16.2. The van der Waals surface area contributed by atoms with Gasteiger partial charge in [-0.25, -0.2) is 0 Å². The fraction of sp³-hybridized carbons (Fsp3) is 0.346. The Morgan fingerprint density at radius 1 is 0.970 bits per heavy atom. The number of aryl methyl sites for hydroxylation is 1. The maximum Gasteiger partial charge on any atom is 0.276 e. The summed E-state index contributed by atoms with van der Waals surface area (Å²) in [6.07, 6.45) is 3.05. The second kappa shape index (κ2) is 9.19. The molecule has 7 nitrogen and oxygen atoms in total. The summed E-state index contributed by atoms with van der Waals surface area (Å²) in [5.41, 5.74) is 5.30. The molecule has 2 aromatic carbocycles. The number of anilines is 1. The van der Waals surface area contributed by atoms with Gasteiger partial charge < -0.3 is 10.2 Å². The van der Waals surface area contributed by atoms with E-state index in [1.165, 1.54) is 0 Å². The van der Waals surface area contributed by atoms with Gasteiger partial charge in [0.05, 0.1) is 0 Å². The number of likely N-dealkylation sites (tertiary alicyclic amines) is 1. The second-order valence-corrected chi connectivity index (χ2v) is 8.87. The maximum absolute atomic E-state index is 12.9. The number of amides is 2. The fourth-order valence-corrected chi connectivity index (χ4v) is 4.79. The third kappa shape index (κ3) is 4.54. The van der Waals surface area contributed by atoms with Crippen LogP contribution in [0.2, 0.25) is 0 Å². The minimum Gasteiger partial charge on any atom is -0.339 e. The molecule has 33 heavy (non-hydrogen) atoms. The molecule has 2 aliphatic rings. The zero-order valence-corrected chi connectivity index (χ0v) is 19.0. The molecular formula is C26H29N5O2. The van der Waals surface area contributed by atoms with Crippen LogP contribution >= 0.6 is 0 Å². The van der Waals surface area contributed by atoms with Crippen LogP contribution in [0.3, 0.4) is 0 Å². The van der Waals surface area contributed by atoms with Crippen LogP contribution in [-0.2, 0) is 26.6 Å². The number of para-hydroxylation sites is 1. The van der Waals surface area contributed by atoms with Gasteiger partial charge in [-0.05, 0) is 42.7 Å². The van der Waals surface area contributed by atoms with Crippen LogP contribution in [0.1, 0.15) is 50.5 Å². The van der Waals surface area contributed by atoms with Crippen molar-refractivity contribution in [2.45, 2.75) is 32.4 Å². The van der Waals surface area contributed by atoms with Crippen LogP contribution in [-0.4, -0.2) is 51.0 Å². The summed E-state index contributed by atoms with van der Waals surface area (Å²) in [6, 6.07) is 17.4. The molecule has 0 aliphatic carbocycles. The van der Waals surface area contributed by atoms with Gasteiger partial charge in [-0.2, -0.15) is 5.10 Å². The molecule has 2 aliphatic heterocycles. The maximum atomic E-state index is 12.9. The molecule has 0 bridgehead atoms. The number of carbonyl (C=O) groups excluding carboxylic acids is 2. The van der Waals surface area contributed by atoms with E-state index in [-0.39, 0.29) is 11.8 Å². The van der Waals surface area contributed by atoms with Crippen molar-refractivity contribution in [3.05, 3.63) is 82.7 Å². The SMILES string of the molecule is Cn1nc(C(=O)Nc2ccccc2)c2c1CCN(Cc1ccc(C(=O)N3CCCC3)cc1)C2. The molecular weight excluding hydrogens is 414 g/mol. The average molecular weight is 444 g/mol. The van der Waals surface area contributed by atoms with E-state index >= 15 is 0 Å². The minimum atomic E-state index is -0.176. The molecule has 0 unspecified atom stereocenters. The number of hydrogen-bond acceptors (Lipinski definition) is 4. The van der Waals surface area contributed by atoms with Gasteiger partial charge in [0.25, 0.3) is 11.8 Å². The standard InChI is InChI=1S/C26H29N5O2/c1-29-23-13-16-30(17-19-9-11-20(12-10-19)26(33)31-14-5-6-15-31)18-22(23)24(28-29)25(32)27-21-7-3-2-4-8-21/h2-4,7-12H,5-6,13-18H2,1H3,(H,27,32). The summed E-state index contributed by atoms with van der Waals surface area (Å²) >= 11 is 0. The van der Waals surface area contributed by atoms with E-state index in [4.69, 9.17) is 0 Å². The Hall–Kier alpha value is -3.45. The first-order valence-corrected chi connectivity index (χ1v) is 11.6. The third-order valence-corrected chi connectivity index (χ3v) is 6.57. The third-order valence-electron chi connectivity index (χ3n) is 6.57. The lowest BCUT2D eigenvalue weighted by Crippen LogP contribution is -2.31. The first kappa shape index (κ1) is 21.4. The van der Waals surface area contributed by atoms with Gasteiger partial charge in [0.2, 0.25) is 0 Å². The molecule has 1 N–H and O–H groups in total. The predicted octanol–water partition coefficient (Wildman–Crippen LogP) is 3.47. The Labute approximate surface area is 194 Å². The summed E-state index contributed by atoms with van der Waals surface area (Å²) in [6.45, 7) is 4.08. The molecule has 3 heterocycles. The summed E-state index contributed by atoms with van der Waals surface area (Å²) in [7, 11) is 1.91. The van der Waals surface area contributed by atoms with Crippen LogP contribution in [0.25, 0.3) is 0 Å². The van der Waals surface area contributed by atoms with Crippen molar-refractivity contribution in [3.8, 4) is 0 Å². The Morgan fingerprint density at radius 2 is 1.70 bits per heavy atom. The number of carbonyl (C=O) groups is 2. The van der Waals surface area contributed by atoms with Crippen LogP contribution in [0, 0.1) is 0 Å². The summed E-state index contributed by atoms with van der Waals surface area (Å²) in [5.74, 6) is -0.0456. The summed E-state index contributed by atoms with van der Waals surface area (Å²) < 4.78 is 1.84. The normalized spacial score (nSPS) is 16.0. The minimum absolute atomic E-state index is 0.131. The van der Waals surface area contributed by atoms with Crippen molar-refractivity contribution in [1.82, 2.24) is 19.6 Å². The van der Waals surface area contributed by atoms with Gasteiger partial charge in [-0.1, -0.05) is 30.3 Å². The van der Waals surface area contributed by atoms with Gasteiger partial charge in [0.1, 0.15) is 0 Å². The van der Waals surface area contributed by atoms with Gasteiger partial charge >= 0.3 is 0 Å². The number of nitrogens with zero attached hydrogens (tertiary/aromatic N) is 4. The average Bonchev–Trinajstić information content (AvgIpc) is 3.48. The molecule has 1 aromatic heterocycles. The number of nitrogens with one attached hydrogen (secondary N) is 1. The quantitative estimate of drug-likeness (QED) is 0.656. The molecule has 5 rings (SSSR count). The topological polar surface area (TPSA) is 70.5 Å². The molecule has 1 saturated heterocycles. The van der Waals surface area contributed by atoms with E-state index < -0.39 is 0 Å².